The van der Waals surface area contributed by atoms with Crippen LogP contribution < -0.4 is 16.4 Å². The van der Waals surface area contributed by atoms with Crippen LogP contribution in [0, 0.1) is 12.5 Å². The number of primary amides is 1. The molecule has 2 atom stereocenters. The van der Waals surface area contributed by atoms with Crippen LogP contribution >= 0.6 is 0 Å². The van der Waals surface area contributed by atoms with Gasteiger partial charge in [-0.25, -0.2) is 4.79 Å². The van der Waals surface area contributed by atoms with Gasteiger partial charge < -0.3 is 25.8 Å². The van der Waals surface area contributed by atoms with E-state index in [1.54, 1.807) is 58.0 Å². The van der Waals surface area contributed by atoms with Gasteiger partial charge in [0.1, 0.15) is 17.7 Å². The van der Waals surface area contributed by atoms with Crippen molar-refractivity contribution in [3.63, 3.8) is 0 Å². The Morgan fingerprint density at radius 2 is 1.77 bits per heavy atom. The summed E-state index contributed by atoms with van der Waals surface area (Å²) in [5.74, 6) is -2.99. The second-order valence-electron chi connectivity index (χ2n) is 8.37. The van der Waals surface area contributed by atoms with Gasteiger partial charge in [0, 0.05) is 12.6 Å². The fourth-order valence-corrected chi connectivity index (χ4v) is 2.95. The lowest BCUT2D eigenvalue weighted by atomic mass is 10.0. The molecule has 0 heterocycles. The number of alkyl carbamates (subject to hydrolysis) is 1. The van der Waals surface area contributed by atoms with Crippen molar-refractivity contribution in [2.75, 3.05) is 13.2 Å². The second-order valence-corrected chi connectivity index (χ2v) is 8.37. The Labute approximate surface area is 204 Å². The quantitative estimate of drug-likeness (QED) is 0.238. The highest BCUT2D eigenvalue weighted by atomic mass is 16.6. The van der Waals surface area contributed by atoms with Crippen LogP contribution in [0.2, 0.25) is 0 Å². The van der Waals surface area contributed by atoms with Crippen LogP contribution in [0.5, 0.6) is 0 Å². The molecule has 11 heteroatoms. The number of amides is 4. The van der Waals surface area contributed by atoms with Gasteiger partial charge in [0.15, 0.2) is 0 Å². The maximum Gasteiger partial charge on any atom is 0.408 e. The Kier molecular flexibility index (Phi) is 11.2. The van der Waals surface area contributed by atoms with E-state index in [-0.39, 0.29) is 19.6 Å². The minimum Gasteiger partial charge on any atom is -0.466 e. The first-order valence-corrected chi connectivity index (χ1v) is 10.9. The molecule has 0 aliphatic heterocycles. The molecular formula is C24H32N4O7. The van der Waals surface area contributed by atoms with Crippen molar-refractivity contribution in [1.29, 1.82) is 0 Å². The first-order chi connectivity index (χ1) is 16.4. The molecule has 2 unspecified atom stereocenters. The number of hydrogen-bond acceptors (Lipinski definition) is 7. The highest BCUT2D eigenvalue weighted by molar-refractivity contribution is 5.95. The number of carbonyl (C=O) groups excluding carboxylic acids is 5. The molecule has 0 aliphatic rings. The standard InChI is InChI=1S/C24H32N4O7/c1-6-28(22(32)17(15-18(25)29)27-23(33)35-24(3,4)5)20(16-11-9-8-10-12-16)21(31)26-14-13-19(30)34-7-2/h1,8-12,17,20H,7,13-15H2,2-5H3,(H2,25,29)(H,26,31)(H,27,33). The molecule has 11 nitrogen and oxygen atoms in total. The molecule has 0 saturated heterocycles. The summed E-state index contributed by atoms with van der Waals surface area (Å²) in [5, 5.41) is 4.85. The summed E-state index contributed by atoms with van der Waals surface area (Å²) in [6, 6.07) is 7.51. The minimum atomic E-state index is -1.49. The van der Waals surface area contributed by atoms with E-state index in [1.807, 2.05) is 0 Å². The topological polar surface area (TPSA) is 157 Å². The summed E-state index contributed by atoms with van der Waals surface area (Å²) < 4.78 is 9.99. The van der Waals surface area contributed by atoms with Gasteiger partial charge in [-0.2, -0.15) is 0 Å². The molecule has 4 N–H and O–H groups in total. The third kappa shape index (κ3) is 10.2. The minimum absolute atomic E-state index is 0.0610. The first-order valence-electron chi connectivity index (χ1n) is 10.9. The van der Waals surface area contributed by atoms with E-state index in [9.17, 15) is 24.0 Å². The number of carbonyl (C=O) groups is 5. The number of hydrogen-bond donors (Lipinski definition) is 3. The zero-order valence-electron chi connectivity index (χ0n) is 20.3. The van der Waals surface area contributed by atoms with E-state index in [4.69, 9.17) is 21.6 Å². The summed E-state index contributed by atoms with van der Waals surface area (Å²) in [6.07, 6.45) is 3.97. The maximum atomic E-state index is 13.3. The number of rotatable bonds is 11. The summed E-state index contributed by atoms with van der Waals surface area (Å²) in [6.45, 7) is 6.66. The van der Waals surface area contributed by atoms with Gasteiger partial charge in [-0.15, -0.1) is 0 Å². The van der Waals surface area contributed by atoms with E-state index >= 15 is 0 Å². The number of terminal acetylenes is 1. The monoisotopic (exact) mass is 488 g/mol. The number of ether oxygens (including phenoxy) is 2. The van der Waals surface area contributed by atoms with Crippen LogP contribution in [0.1, 0.15) is 52.1 Å². The third-order valence-electron chi connectivity index (χ3n) is 4.33. The number of benzene rings is 1. The molecular weight excluding hydrogens is 456 g/mol. The van der Waals surface area contributed by atoms with Gasteiger partial charge in [-0.1, -0.05) is 36.8 Å². The highest BCUT2D eigenvalue weighted by Gasteiger charge is 2.36. The summed E-state index contributed by atoms with van der Waals surface area (Å²) >= 11 is 0. The van der Waals surface area contributed by atoms with Crippen LogP contribution in [-0.4, -0.2) is 59.5 Å². The lowest BCUT2D eigenvalue weighted by molar-refractivity contribution is -0.143. The van der Waals surface area contributed by atoms with Crippen molar-refractivity contribution >= 4 is 29.8 Å². The van der Waals surface area contributed by atoms with E-state index in [0.29, 0.717) is 5.56 Å². The highest BCUT2D eigenvalue weighted by Crippen LogP contribution is 2.22. The Balaban J connectivity index is 3.22. The van der Waals surface area contributed by atoms with Gasteiger partial charge >= 0.3 is 12.1 Å². The largest absolute Gasteiger partial charge is 0.466 e. The average Bonchev–Trinajstić information content (AvgIpc) is 2.75. The number of nitrogens with two attached hydrogens (primary N) is 1. The van der Waals surface area contributed by atoms with E-state index in [1.165, 1.54) is 0 Å². The van der Waals surface area contributed by atoms with Gasteiger partial charge in [0.2, 0.25) is 11.8 Å². The summed E-state index contributed by atoms with van der Waals surface area (Å²) in [7, 11) is 0. The average molecular weight is 489 g/mol. The van der Waals surface area contributed by atoms with Gasteiger partial charge in [-0.3, -0.25) is 24.1 Å². The van der Waals surface area contributed by atoms with Gasteiger partial charge in [0.25, 0.3) is 5.91 Å². The molecule has 4 amide bonds. The van der Waals surface area contributed by atoms with Crippen molar-refractivity contribution in [2.45, 2.75) is 58.2 Å². The van der Waals surface area contributed by atoms with Gasteiger partial charge in [-0.05, 0) is 33.3 Å². The Hall–Kier alpha value is -4.07. The summed E-state index contributed by atoms with van der Waals surface area (Å²) in [5.41, 5.74) is 4.75. The van der Waals surface area contributed by atoms with Crippen LogP contribution in [0.4, 0.5) is 4.79 Å². The molecule has 0 aromatic heterocycles. The molecule has 0 saturated carbocycles. The Morgan fingerprint density at radius 3 is 2.29 bits per heavy atom. The smallest absolute Gasteiger partial charge is 0.408 e. The van der Waals surface area contributed by atoms with Crippen LogP contribution in [0.15, 0.2) is 30.3 Å². The Bertz CT molecular complexity index is 951. The van der Waals surface area contributed by atoms with Crippen molar-refractivity contribution in [2.24, 2.45) is 5.73 Å². The molecule has 1 aromatic rings. The third-order valence-corrected chi connectivity index (χ3v) is 4.33. The Morgan fingerprint density at radius 1 is 1.14 bits per heavy atom. The molecule has 35 heavy (non-hydrogen) atoms. The fourth-order valence-electron chi connectivity index (χ4n) is 2.95. The first kappa shape index (κ1) is 29.0. The number of nitrogens with zero attached hydrogens (tertiary/aromatic N) is 1. The molecule has 0 fully saturated rings. The molecule has 0 radical (unpaired) electrons. The predicted molar refractivity (Wildman–Crippen MR) is 126 cm³/mol. The molecule has 190 valence electrons. The maximum absolute atomic E-state index is 13.3. The SMILES string of the molecule is C#CN(C(=O)C(CC(N)=O)NC(=O)OC(C)(C)C)C(C(=O)NCCC(=O)OCC)c1ccccc1. The van der Waals surface area contributed by atoms with Gasteiger partial charge in [0.05, 0.1) is 19.4 Å². The number of nitrogens with one attached hydrogen (secondary N) is 2. The number of esters is 1. The molecule has 0 bridgehead atoms. The van der Waals surface area contributed by atoms with E-state index < -0.39 is 53.9 Å². The zero-order valence-corrected chi connectivity index (χ0v) is 20.3. The molecule has 1 aromatic carbocycles. The zero-order chi connectivity index (χ0) is 26.6. The van der Waals surface area contributed by atoms with Crippen molar-refractivity contribution in [1.82, 2.24) is 15.5 Å². The molecule has 0 aliphatic carbocycles. The van der Waals surface area contributed by atoms with Crippen LogP contribution in [0.25, 0.3) is 0 Å². The van der Waals surface area contributed by atoms with Crippen molar-refractivity contribution < 1.29 is 33.4 Å². The predicted octanol–water partition coefficient (Wildman–Crippen LogP) is 0.985. The second kappa shape index (κ2) is 13.6. The molecule has 1 rings (SSSR count). The lowest BCUT2D eigenvalue weighted by Gasteiger charge is -2.30. The summed E-state index contributed by atoms with van der Waals surface area (Å²) in [4.78, 5) is 62.7. The van der Waals surface area contributed by atoms with Crippen molar-refractivity contribution in [3.8, 4) is 12.5 Å². The normalized spacial score (nSPS) is 12.3. The van der Waals surface area contributed by atoms with Crippen molar-refractivity contribution in [3.05, 3.63) is 35.9 Å². The van der Waals surface area contributed by atoms with Crippen LogP contribution in [-0.2, 0) is 28.7 Å². The van der Waals surface area contributed by atoms with E-state index in [0.717, 1.165) is 4.90 Å². The molecule has 0 spiro atoms. The van der Waals surface area contributed by atoms with E-state index in [2.05, 4.69) is 16.7 Å². The van der Waals surface area contributed by atoms with Crippen LogP contribution in [0.3, 0.4) is 0 Å². The lowest BCUT2D eigenvalue weighted by Crippen LogP contribution is -2.52. The fraction of sp³-hybridized carbons (Fsp3) is 0.458.